The predicted molar refractivity (Wildman–Crippen MR) is 118 cm³/mol. The Balaban J connectivity index is 1.98. The van der Waals surface area contributed by atoms with Crippen LogP contribution < -0.4 is 0 Å². The van der Waals surface area contributed by atoms with Gasteiger partial charge in [-0.25, -0.2) is 15.0 Å². The fourth-order valence-corrected chi connectivity index (χ4v) is 3.67. The fourth-order valence-electron chi connectivity index (χ4n) is 3.67. The Morgan fingerprint density at radius 2 is 0.967 bits per heavy atom. The molecule has 1 aromatic heterocycles. The van der Waals surface area contributed by atoms with Gasteiger partial charge in [0, 0.05) is 17.2 Å². The van der Waals surface area contributed by atoms with Crippen LogP contribution in [0.3, 0.4) is 0 Å². The third kappa shape index (κ3) is 4.01. The number of benzene rings is 3. The number of aryl methyl sites for hydroxylation is 4. The Morgan fingerprint density at radius 1 is 0.533 bits per heavy atom. The van der Waals surface area contributed by atoms with Crippen LogP contribution in [0.1, 0.15) is 22.3 Å². The molecule has 0 unspecified atom stereocenters. The molecule has 0 atom stereocenters. The minimum Gasteiger partial charge on any atom is -0.508 e. The van der Waals surface area contributed by atoms with Gasteiger partial charge in [0.1, 0.15) is 11.5 Å². The lowest BCUT2D eigenvalue weighted by atomic mass is 10.1. The topological polar surface area (TPSA) is 79.1 Å². The molecule has 0 amide bonds. The Bertz CT molecular complexity index is 1160. The van der Waals surface area contributed by atoms with E-state index in [2.05, 4.69) is 22.1 Å². The van der Waals surface area contributed by atoms with Crippen molar-refractivity contribution >= 4 is 0 Å². The zero-order valence-electron chi connectivity index (χ0n) is 17.4. The summed E-state index contributed by atoms with van der Waals surface area (Å²) in [5.74, 6) is 1.32. The van der Waals surface area contributed by atoms with E-state index in [0.717, 1.165) is 33.4 Å². The van der Waals surface area contributed by atoms with E-state index in [1.807, 2.05) is 52.0 Å². The molecule has 0 aliphatic carbocycles. The highest BCUT2D eigenvalue weighted by molar-refractivity contribution is 5.71. The van der Waals surface area contributed by atoms with E-state index in [1.54, 1.807) is 6.07 Å². The van der Waals surface area contributed by atoms with Crippen molar-refractivity contribution in [1.82, 2.24) is 15.0 Å². The molecule has 5 nitrogen and oxygen atoms in total. The molecule has 0 fully saturated rings. The standard InChI is InChI=1S/C25H23N3O2/c1-14-7-15(2)10-18(9-14)23-26-24(19-11-16(3)8-17(4)12-19)28-25(27-23)21-6-5-20(29)13-22(21)30/h5-13,29-30H,1-4H3. The Kier molecular flexibility index (Phi) is 4.96. The highest BCUT2D eigenvalue weighted by atomic mass is 16.3. The molecule has 4 aromatic rings. The van der Waals surface area contributed by atoms with Gasteiger partial charge in [0.25, 0.3) is 0 Å². The third-order valence-corrected chi connectivity index (χ3v) is 4.82. The number of aromatic nitrogens is 3. The summed E-state index contributed by atoms with van der Waals surface area (Å²) >= 11 is 0. The first-order valence-corrected chi connectivity index (χ1v) is 9.74. The number of phenols is 2. The molecule has 0 spiro atoms. The average molecular weight is 397 g/mol. The van der Waals surface area contributed by atoms with Crippen molar-refractivity contribution < 1.29 is 10.2 Å². The largest absolute Gasteiger partial charge is 0.508 e. The Labute approximate surface area is 175 Å². The lowest BCUT2D eigenvalue weighted by molar-refractivity contribution is 0.451. The molecule has 150 valence electrons. The summed E-state index contributed by atoms with van der Waals surface area (Å²) in [6, 6.07) is 16.7. The van der Waals surface area contributed by atoms with Gasteiger partial charge < -0.3 is 10.2 Å². The van der Waals surface area contributed by atoms with Gasteiger partial charge in [-0.05, 0) is 64.1 Å². The molecule has 3 aromatic carbocycles. The quantitative estimate of drug-likeness (QED) is 0.476. The van der Waals surface area contributed by atoms with Crippen molar-refractivity contribution in [2.45, 2.75) is 27.7 Å². The van der Waals surface area contributed by atoms with Crippen LogP contribution in [0.15, 0.2) is 54.6 Å². The fraction of sp³-hybridized carbons (Fsp3) is 0.160. The predicted octanol–water partition coefficient (Wildman–Crippen LogP) is 5.52. The first kappa shape index (κ1) is 19.6. The summed E-state index contributed by atoms with van der Waals surface area (Å²) in [5, 5.41) is 20.0. The Hall–Kier alpha value is -3.73. The summed E-state index contributed by atoms with van der Waals surface area (Å²) in [6.45, 7) is 8.15. The number of hydrogen-bond acceptors (Lipinski definition) is 5. The maximum absolute atomic E-state index is 10.4. The van der Waals surface area contributed by atoms with Gasteiger partial charge in [-0.1, -0.05) is 34.4 Å². The first-order valence-electron chi connectivity index (χ1n) is 9.74. The molecule has 0 saturated carbocycles. The molecule has 0 saturated heterocycles. The second-order valence-electron chi connectivity index (χ2n) is 7.76. The van der Waals surface area contributed by atoms with E-state index in [4.69, 9.17) is 4.98 Å². The minimum atomic E-state index is -0.0843. The maximum atomic E-state index is 10.4. The van der Waals surface area contributed by atoms with Crippen LogP contribution in [0.25, 0.3) is 34.2 Å². The first-order chi connectivity index (χ1) is 14.3. The monoisotopic (exact) mass is 397 g/mol. The van der Waals surface area contributed by atoms with Crippen molar-refractivity contribution in [2.75, 3.05) is 0 Å². The number of aromatic hydroxyl groups is 2. The summed E-state index contributed by atoms with van der Waals surface area (Å²) in [6.07, 6.45) is 0. The lowest BCUT2D eigenvalue weighted by Gasteiger charge is -2.11. The SMILES string of the molecule is Cc1cc(C)cc(-c2nc(-c3cc(C)cc(C)c3)nc(-c3ccc(O)cc3O)n2)c1. The molecule has 0 aliphatic heterocycles. The zero-order valence-corrected chi connectivity index (χ0v) is 17.4. The highest BCUT2D eigenvalue weighted by Crippen LogP contribution is 2.32. The van der Waals surface area contributed by atoms with Crippen LogP contribution in [0, 0.1) is 27.7 Å². The molecular formula is C25H23N3O2. The summed E-state index contributed by atoms with van der Waals surface area (Å²) < 4.78 is 0. The molecule has 2 N–H and O–H groups in total. The third-order valence-electron chi connectivity index (χ3n) is 4.82. The summed E-state index contributed by atoms with van der Waals surface area (Å²) in [5.41, 5.74) is 6.69. The van der Waals surface area contributed by atoms with Crippen LogP contribution in [0.2, 0.25) is 0 Å². The van der Waals surface area contributed by atoms with Crippen LogP contribution >= 0.6 is 0 Å². The molecule has 0 bridgehead atoms. The van der Waals surface area contributed by atoms with Crippen molar-refractivity contribution in [1.29, 1.82) is 0 Å². The molecule has 30 heavy (non-hydrogen) atoms. The smallest absolute Gasteiger partial charge is 0.167 e. The normalized spacial score (nSPS) is 10.9. The lowest BCUT2D eigenvalue weighted by Crippen LogP contribution is -2.01. The van der Waals surface area contributed by atoms with Crippen LogP contribution in [0.5, 0.6) is 11.5 Å². The second-order valence-corrected chi connectivity index (χ2v) is 7.76. The molecule has 5 heteroatoms. The summed E-state index contributed by atoms with van der Waals surface area (Å²) in [4.78, 5) is 14.1. The second kappa shape index (κ2) is 7.59. The van der Waals surface area contributed by atoms with Gasteiger partial charge in [-0.2, -0.15) is 0 Å². The molecule has 0 radical (unpaired) electrons. The van der Waals surface area contributed by atoms with Gasteiger partial charge >= 0.3 is 0 Å². The van der Waals surface area contributed by atoms with Crippen LogP contribution in [0.4, 0.5) is 0 Å². The van der Waals surface area contributed by atoms with E-state index in [1.165, 1.54) is 12.1 Å². The van der Waals surface area contributed by atoms with Crippen molar-refractivity contribution in [2.24, 2.45) is 0 Å². The molecule has 0 aliphatic rings. The number of hydrogen-bond donors (Lipinski definition) is 2. The highest BCUT2D eigenvalue weighted by Gasteiger charge is 2.15. The van der Waals surface area contributed by atoms with Crippen molar-refractivity contribution in [3.63, 3.8) is 0 Å². The van der Waals surface area contributed by atoms with Gasteiger partial charge in [0.05, 0.1) is 5.56 Å². The zero-order chi connectivity index (χ0) is 21.4. The number of rotatable bonds is 3. The van der Waals surface area contributed by atoms with E-state index < -0.39 is 0 Å². The van der Waals surface area contributed by atoms with E-state index in [-0.39, 0.29) is 11.5 Å². The van der Waals surface area contributed by atoms with E-state index in [0.29, 0.717) is 23.0 Å². The number of nitrogens with zero attached hydrogens (tertiary/aromatic N) is 3. The average Bonchev–Trinajstić information content (AvgIpc) is 2.66. The van der Waals surface area contributed by atoms with E-state index >= 15 is 0 Å². The van der Waals surface area contributed by atoms with Gasteiger partial charge in [0.2, 0.25) is 0 Å². The number of phenolic OH excluding ortho intramolecular Hbond substituents is 2. The van der Waals surface area contributed by atoms with Gasteiger partial charge in [0.15, 0.2) is 17.5 Å². The van der Waals surface area contributed by atoms with Gasteiger partial charge in [-0.15, -0.1) is 0 Å². The van der Waals surface area contributed by atoms with Crippen LogP contribution in [-0.4, -0.2) is 25.2 Å². The maximum Gasteiger partial charge on any atom is 0.167 e. The molecule has 1 heterocycles. The van der Waals surface area contributed by atoms with Crippen molar-refractivity contribution in [3.05, 3.63) is 76.9 Å². The summed E-state index contributed by atoms with van der Waals surface area (Å²) in [7, 11) is 0. The van der Waals surface area contributed by atoms with E-state index in [9.17, 15) is 10.2 Å². The van der Waals surface area contributed by atoms with Crippen molar-refractivity contribution in [3.8, 4) is 45.7 Å². The minimum absolute atomic E-state index is 0.0191. The Morgan fingerprint density at radius 3 is 1.40 bits per heavy atom. The van der Waals surface area contributed by atoms with Gasteiger partial charge in [-0.3, -0.25) is 0 Å². The molecule has 4 rings (SSSR count). The molecular weight excluding hydrogens is 374 g/mol. The van der Waals surface area contributed by atoms with Crippen LogP contribution in [-0.2, 0) is 0 Å².